The van der Waals surface area contributed by atoms with Crippen LogP contribution in [-0.2, 0) is 23.6 Å². The van der Waals surface area contributed by atoms with E-state index in [2.05, 4.69) is 29.1 Å². The molecule has 3 N–H and O–H groups in total. The van der Waals surface area contributed by atoms with Crippen molar-refractivity contribution in [1.82, 2.24) is 29.6 Å². The normalized spacial score (nSPS) is 21.3. The maximum absolute atomic E-state index is 15.1. The fourth-order valence-electron chi connectivity index (χ4n) is 6.72. The second-order valence-electron chi connectivity index (χ2n) is 12.4. The van der Waals surface area contributed by atoms with Crippen molar-refractivity contribution >= 4 is 16.9 Å². The summed E-state index contributed by atoms with van der Waals surface area (Å²) in [5.41, 5.74) is 8.73. The summed E-state index contributed by atoms with van der Waals surface area (Å²) in [6, 6.07) is 11.7. The zero-order valence-electron chi connectivity index (χ0n) is 25.6. The number of nitrogens with zero attached hydrogens (tertiary/aromatic N) is 5. The summed E-state index contributed by atoms with van der Waals surface area (Å²) in [6.07, 6.45) is 4.65. The molecule has 2 aromatic carbocycles. The van der Waals surface area contributed by atoms with Gasteiger partial charge >= 0.3 is 5.76 Å². The van der Waals surface area contributed by atoms with Crippen LogP contribution in [0.25, 0.3) is 22.6 Å². The molecule has 14 heteroatoms. The first-order valence-electron chi connectivity index (χ1n) is 15.6. The molecule has 2 fully saturated rings. The van der Waals surface area contributed by atoms with Gasteiger partial charge in [-0.3, -0.25) is 24.2 Å². The number of ether oxygens (including phenoxy) is 3. The molecule has 5 aromatic rings. The fraction of sp³-hybridized carbons (Fsp3) is 0.364. The standard InChI is InChI=1S/C33H32FN7O6/c1-33(22-6-5-19(30(35)42)13-23(22)34)45-27-4-2-3-21(29(27)46-33)18-7-10-40(11-8-18)17-28-37-24-14-25(31-38-32(43)47-39-31)36-15-26(24)41(28)16-20-9-12-44-20/h2-6,13-15,18,20H,7-12,16-17H2,1H3,(H2,35,42)(H,38,39,43)/t20-,33-/m0/s1. The summed E-state index contributed by atoms with van der Waals surface area (Å²) in [7, 11) is 0. The minimum Gasteiger partial charge on any atom is -0.444 e. The number of piperidine rings is 1. The van der Waals surface area contributed by atoms with Gasteiger partial charge in [-0.25, -0.2) is 14.2 Å². The third-order valence-corrected chi connectivity index (χ3v) is 9.32. The van der Waals surface area contributed by atoms with E-state index in [1.54, 1.807) is 19.2 Å². The SMILES string of the molecule is C[C@]1(c2ccc(C(N)=O)cc2F)Oc2cccc(C3CCN(Cc4nc5cc(-c6noc(=O)[nH]6)ncc5n4C[C@@H]4CCO4)CC3)c2O1. The predicted molar refractivity (Wildman–Crippen MR) is 165 cm³/mol. The van der Waals surface area contributed by atoms with Gasteiger partial charge in [-0.2, -0.15) is 0 Å². The number of nitrogens with one attached hydrogen (secondary N) is 1. The quantitative estimate of drug-likeness (QED) is 0.255. The van der Waals surface area contributed by atoms with Crippen molar-refractivity contribution in [2.24, 2.45) is 5.73 Å². The number of likely N-dealkylation sites (tertiary alicyclic amines) is 1. The topological polar surface area (TPSA) is 164 Å². The maximum atomic E-state index is 15.1. The van der Waals surface area contributed by atoms with Crippen LogP contribution in [0.5, 0.6) is 11.5 Å². The van der Waals surface area contributed by atoms with Crippen LogP contribution in [0.1, 0.15) is 59.4 Å². The lowest BCUT2D eigenvalue weighted by Crippen LogP contribution is -2.35. The Morgan fingerprint density at radius 2 is 1.98 bits per heavy atom. The number of H-pyrrole nitrogens is 1. The number of carbonyl (C=O) groups is 1. The number of aromatic amines is 1. The summed E-state index contributed by atoms with van der Waals surface area (Å²) in [4.78, 5) is 37.4. The van der Waals surface area contributed by atoms with Crippen molar-refractivity contribution < 1.29 is 27.9 Å². The van der Waals surface area contributed by atoms with E-state index in [9.17, 15) is 9.59 Å². The van der Waals surface area contributed by atoms with Gasteiger partial charge in [0, 0.05) is 24.7 Å². The number of pyridine rings is 1. The van der Waals surface area contributed by atoms with E-state index in [4.69, 9.17) is 24.9 Å². The number of halogens is 1. The second kappa shape index (κ2) is 11.3. The first-order chi connectivity index (χ1) is 22.7. The zero-order valence-corrected chi connectivity index (χ0v) is 25.6. The minimum absolute atomic E-state index is 0.0790. The molecule has 0 aliphatic carbocycles. The molecule has 8 rings (SSSR count). The number of hydrogen-bond acceptors (Lipinski definition) is 10. The third-order valence-electron chi connectivity index (χ3n) is 9.32. The number of benzene rings is 2. The van der Waals surface area contributed by atoms with Gasteiger partial charge < -0.3 is 24.5 Å². The van der Waals surface area contributed by atoms with Gasteiger partial charge in [0.25, 0.3) is 5.79 Å². The Kier molecular flexibility index (Phi) is 7.06. The van der Waals surface area contributed by atoms with Gasteiger partial charge in [0.15, 0.2) is 11.5 Å². The number of fused-ring (bicyclic) bond motifs is 2. The average Bonchev–Trinajstić information content (AvgIpc) is 3.73. The van der Waals surface area contributed by atoms with Crippen LogP contribution in [0.2, 0.25) is 0 Å². The molecule has 6 heterocycles. The van der Waals surface area contributed by atoms with Crippen LogP contribution < -0.4 is 21.0 Å². The molecule has 0 unspecified atom stereocenters. The lowest BCUT2D eigenvalue weighted by atomic mass is 9.88. The lowest BCUT2D eigenvalue weighted by molar-refractivity contribution is -0.0712. The highest BCUT2D eigenvalue weighted by atomic mass is 19.1. The number of hydrogen-bond donors (Lipinski definition) is 2. The highest BCUT2D eigenvalue weighted by molar-refractivity contribution is 5.92. The van der Waals surface area contributed by atoms with E-state index in [1.807, 2.05) is 18.2 Å². The van der Waals surface area contributed by atoms with Gasteiger partial charge in [0.1, 0.15) is 17.3 Å². The van der Waals surface area contributed by atoms with E-state index in [-0.39, 0.29) is 29.0 Å². The van der Waals surface area contributed by atoms with E-state index < -0.39 is 23.3 Å². The third kappa shape index (κ3) is 5.32. The summed E-state index contributed by atoms with van der Waals surface area (Å²) >= 11 is 0. The maximum Gasteiger partial charge on any atom is 0.439 e. The van der Waals surface area contributed by atoms with Crippen LogP contribution in [0.4, 0.5) is 4.39 Å². The summed E-state index contributed by atoms with van der Waals surface area (Å²) in [5, 5.41) is 3.76. The van der Waals surface area contributed by atoms with Gasteiger partial charge in [0.2, 0.25) is 11.7 Å². The molecule has 13 nitrogen and oxygen atoms in total. The monoisotopic (exact) mass is 641 g/mol. The molecule has 3 aliphatic rings. The number of rotatable bonds is 8. The molecule has 0 radical (unpaired) electrons. The Bertz CT molecular complexity index is 2060. The number of primary amides is 1. The van der Waals surface area contributed by atoms with Gasteiger partial charge in [-0.1, -0.05) is 17.3 Å². The largest absolute Gasteiger partial charge is 0.444 e. The Morgan fingerprint density at radius 1 is 1.15 bits per heavy atom. The van der Waals surface area contributed by atoms with E-state index in [0.29, 0.717) is 30.3 Å². The second-order valence-corrected chi connectivity index (χ2v) is 12.4. The smallest absolute Gasteiger partial charge is 0.439 e. The highest BCUT2D eigenvalue weighted by Crippen LogP contribution is 2.49. The molecule has 3 aliphatic heterocycles. The molecular formula is C33H32FN7O6. The summed E-state index contributed by atoms with van der Waals surface area (Å²) < 4.78 is 40.2. The summed E-state index contributed by atoms with van der Waals surface area (Å²) in [5.74, 6) is -0.800. The van der Waals surface area contributed by atoms with Crippen LogP contribution in [0.3, 0.4) is 0 Å². The number of nitrogens with two attached hydrogens (primary N) is 1. The van der Waals surface area contributed by atoms with Crippen molar-refractivity contribution in [2.45, 2.75) is 57.1 Å². The van der Waals surface area contributed by atoms with Gasteiger partial charge in [0.05, 0.1) is 42.0 Å². The van der Waals surface area contributed by atoms with Crippen molar-refractivity contribution in [2.75, 3.05) is 19.7 Å². The zero-order chi connectivity index (χ0) is 32.3. The number of para-hydroxylation sites is 1. The Balaban J connectivity index is 0.994. The first kappa shape index (κ1) is 29.3. The Hall–Kier alpha value is -5.08. The molecule has 2 atom stereocenters. The van der Waals surface area contributed by atoms with Gasteiger partial charge in [-0.15, -0.1) is 0 Å². The molecule has 2 saturated heterocycles. The van der Waals surface area contributed by atoms with Crippen LogP contribution in [0, 0.1) is 5.82 Å². The highest BCUT2D eigenvalue weighted by Gasteiger charge is 2.43. The number of amides is 1. The fourth-order valence-corrected chi connectivity index (χ4v) is 6.72. The Labute approximate surface area is 267 Å². The molecule has 242 valence electrons. The van der Waals surface area contributed by atoms with Crippen LogP contribution in [-0.4, -0.2) is 61.3 Å². The van der Waals surface area contributed by atoms with Crippen molar-refractivity contribution in [3.05, 3.63) is 87.5 Å². The molecule has 0 bridgehead atoms. The molecule has 1 amide bonds. The van der Waals surface area contributed by atoms with E-state index in [0.717, 1.165) is 67.4 Å². The van der Waals surface area contributed by atoms with Crippen molar-refractivity contribution in [3.63, 3.8) is 0 Å². The van der Waals surface area contributed by atoms with Crippen molar-refractivity contribution in [3.8, 4) is 23.0 Å². The van der Waals surface area contributed by atoms with Crippen LogP contribution in [0.15, 0.2) is 58.0 Å². The minimum atomic E-state index is -1.39. The number of imidazole rings is 1. The molecular weight excluding hydrogens is 609 g/mol. The van der Waals surface area contributed by atoms with E-state index in [1.165, 1.54) is 12.1 Å². The number of carbonyl (C=O) groups excluding carboxylic acids is 1. The average molecular weight is 642 g/mol. The van der Waals surface area contributed by atoms with Crippen LogP contribution >= 0.6 is 0 Å². The lowest BCUT2D eigenvalue weighted by Gasteiger charge is -2.33. The number of aromatic nitrogens is 5. The summed E-state index contributed by atoms with van der Waals surface area (Å²) in [6.45, 7) is 5.43. The Morgan fingerprint density at radius 3 is 2.68 bits per heavy atom. The molecule has 0 saturated carbocycles. The molecule has 0 spiro atoms. The van der Waals surface area contributed by atoms with Crippen molar-refractivity contribution in [1.29, 1.82) is 0 Å². The molecule has 47 heavy (non-hydrogen) atoms. The molecule has 3 aromatic heterocycles. The first-order valence-corrected chi connectivity index (χ1v) is 15.6. The van der Waals surface area contributed by atoms with Gasteiger partial charge in [-0.05, 0) is 68.6 Å². The van der Waals surface area contributed by atoms with E-state index >= 15 is 4.39 Å². The predicted octanol–water partition coefficient (Wildman–Crippen LogP) is 3.83.